The third-order valence-corrected chi connectivity index (χ3v) is 5.36. The number of carbonyl (C=O) groups is 3. The van der Waals surface area contributed by atoms with E-state index in [4.69, 9.17) is 26.8 Å². The molecule has 168 valence electrons. The van der Waals surface area contributed by atoms with Crippen molar-refractivity contribution in [2.24, 2.45) is 5.73 Å². The molecule has 2 aromatic rings. The monoisotopic (exact) mass is 467 g/mol. The summed E-state index contributed by atoms with van der Waals surface area (Å²) in [6, 6.07) is 14.2. The van der Waals surface area contributed by atoms with Gasteiger partial charge in [-0.15, -0.1) is 0 Å². The number of nitriles is 1. The number of methoxy groups -OCH3 is 2. The van der Waals surface area contributed by atoms with Crippen molar-refractivity contribution in [1.29, 1.82) is 5.26 Å². The fourth-order valence-corrected chi connectivity index (χ4v) is 3.78. The van der Waals surface area contributed by atoms with Gasteiger partial charge >= 0.3 is 17.9 Å². The highest BCUT2D eigenvalue weighted by atomic mass is 35.5. The molecule has 1 aliphatic rings. The number of carboxylic acid groups (broad SMARTS) is 1. The van der Waals surface area contributed by atoms with E-state index in [1.165, 1.54) is 18.2 Å². The van der Waals surface area contributed by atoms with Crippen LogP contribution < -0.4 is 10.6 Å². The molecule has 0 saturated heterocycles. The van der Waals surface area contributed by atoms with Gasteiger partial charge in [0.25, 0.3) is 0 Å². The summed E-state index contributed by atoms with van der Waals surface area (Å²) < 4.78 is 9.86. The number of ether oxygens (including phenoxy) is 2. The molecule has 3 rings (SSSR count). The number of halogens is 1. The van der Waals surface area contributed by atoms with Gasteiger partial charge in [-0.05, 0) is 23.8 Å². The molecule has 0 bridgehead atoms. The SMILES string of the molecule is COC(=O)C1=C(C(=O)OC)N(c2cc(C(=O)O)ccc2Cl)C(N)=C(C#N)C1c1ccccc1. The predicted octanol–water partition coefficient (Wildman–Crippen LogP) is 2.94. The Morgan fingerprint density at radius 3 is 2.27 bits per heavy atom. The quantitative estimate of drug-likeness (QED) is 0.634. The van der Waals surface area contributed by atoms with Crippen LogP contribution in [-0.2, 0) is 19.1 Å². The summed E-state index contributed by atoms with van der Waals surface area (Å²) in [5.41, 5.74) is 6.05. The van der Waals surface area contributed by atoms with Crippen LogP contribution in [0.2, 0.25) is 5.02 Å². The molecule has 0 saturated carbocycles. The second kappa shape index (κ2) is 9.46. The largest absolute Gasteiger partial charge is 0.478 e. The molecule has 0 aromatic heterocycles. The summed E-state index contributed by atoms with van der Waals surface area (Å²) in [5.74, 6) is -4.39. The van der Waals surface area contributed by atoms with E-state index < -0.39 is 23.8 Å². The smallest absolute Gasteiger partial charge is 0.355 e. The van der Waals surface area contributed by atoms with Gasteiger partial charge in [0.05, 0.1) is 53.6 Å². The first-order valence-electron chi connectivity index (χ1n) is 9.45. The van der Waals surface area contributed by atoms with Crippen LogP contribution in [0, 0.1) is 11.3 Å². The minimum Gasteiger partial charge on any atom is -0.478 e. The number of aromatic carboxylic acids is 1. The molecule has 1 unspecified atom stereocenters. The third kappa shape index (κ3) is 4.12. The number of hydrogen-bond donors (Lipinski definition) is 2. The molecule has 3 N–H and O–H groups in total. The molecular weight excluding hydrogens is 450 g/mol. The highest BCUT2D eigenvalue weighted by Gasteiger charge is 2.43. The Kier molecular flexibility index (Phi) is 6.70. The summed E-state index contributed by atoms with van der Waals surface area (Å²) in [7, 11) is 2.23. The van der Waals surface area contributed by atoms with E-state index in [1.54, 1.807) is 30.3 Å². The van der Waals surface area contributed by atoms with E-state index in [0.29, 0.717) is 5.56 Å². The Hall–Kier alpha value is -4.29. The molecule has 33 heavy (non-hydrogen) atoms. The van der Waals surface area contributed by atoms with Gasteiger partial charge in [-0.1, -0.05) is 41.9 Å². The van der Waals surface area contributed by atoms with Crippen LogP contribution in [0.25, 0.3) is 0 Å². The first kappa shape index (κ1) is 23.4. The number of anilines is 1. The molecule has 9 nitrogen and oxygen atoms in total. The van der Waals surface area contributed by atoms with Gasteiger partial charge in [-0.25, -0.2) is 14.4 Å². The van der Waals surface area contributed by atoms with Gasteiger partial charge in [0.1, 0.15) is 11.5 Å². The van der Waals surface area contributed by atoms with Gasteiger partial charge in [-0.3, -0.25) is 4.90 Å². The standard InChI is InChI=1S/C23H18ClN3O6/c1-32-22(30)18-17(12-6-4-3-5-7-12)14(11-25)20(26)27(19(18)23(31)33-2)16-10-13(21(28)29)8-9-15(16)24/h3-10,17H,26H2,1-2H3,(H,28,29). The number of hydrogen-bond acceptors (Lipinski definition) is 8. The van der Waals surface area contributed by atoms with Crippen molar-refractivity contribution in [3.8, 4) is 6.07 Å². The topological polar surface area (TPSA) is 143 Å². The number of benzene rings is 2. The Morgan fingerprint density at radius 1 is 1.09 bits per heavy atom. The summed E-state index contributed by atoms with van der Waals surface area (Å²) in [6.45, 7) is 0. The Balaban J connectivity index is 2.46. The zero-order chi connectivity index (χ0) is 24.3. The Morgan fingerprint density at radius 2 is 1.73 bits per heavy atom. The second-order valence-electron chi connectivity index (χ2n) is 6.81. The maximum absolute atomic E-state index is 13.0. The van der Waals surface area contributed by atoms with E-state index in [-0.39, 0.29) is 38.9 Å². The summed E-state index contributed by atoms with van der Waals surface area (Å²) in [6.07, 6.45) is 0. The zero-order valence-electron chi connectivity index (χ0n) is 17.5. The van der Waals surface area contributed by atoms with Crippen LogP contribution in [0.1, 0.15) is 21.8 Å². The van der Waals surface area contributed by atoms with Crippen molar-refractivity contribution in [1.82, 2.24) is 0 Å². The van der Waals surface area contributed by atoms with Crippen LogP contribution in [0.5, 0.6) is 0 Å². The summed E-state index contributed by atoms with van der Waals surface area (Å²) in [5, 5.41) is 19.4. The molecule has 1 aliphatic heterocycles. The van der Waals surface area contributed by atoms with E-state index in [1.807, 2.05) is 6.07 Å². The number of carbonyl (C=O) groups excluding carboxylic acids is 2. The lowest BCUT2D eigenvalue weighted by Crippen LogP contribution is -2.41. The lowest BCUT2D eigenvalue weighted by Gasteiger charge is -2.36. The highest BCUT2D eigenvalue weighted by molar-refractivity contribution is 6.33. The van der Waals surface area contributed by atoms with Crippen LogP contribution >= 0.6 is 11.6 Å². The zero-order valence-corrected chi connectivity index (χ0v) is 18.3. The Labute approximate surface area is 193 Å². The molecule has 1 atom stereocenters. The average molecular weight is 468 g/mol. The highest BCUT2D eigenvalue weighted by Crippen LogP contribution is 2.44. The van der Waals surface area contributed by atoms with Crippen molar-refractivity contribution < 1.29 is 29.0 Å². The van der Waals surface area contributed by atoms with Gasteiger partial charge in [0.2, 0.25) is 0 Å². The van der Waals surface area contributed by atoms with Gasteiger partial charge in [0.15, 0.2) is 0 Å². The van der Waals surface area contributed by atoms with Crippen LogP contribution in [0.4, 0.5) is 5.69 Å². The number of nitrogens with zero attached hydrogens (tertiary/aromatic N) is 2. The number of esters is 2. The number of allylic oxidation sites excluding steroid dienone is 1. The second-order valence-corrected chi connectivity index (χ2v) is 7.21. The molecule has 2 aromatic carbocycles. The van der Waals surface area contributed by atoms with Crippen molar-refractivity contribution in [2.75, 3.05) is 19.1 Å². The third-order valence-electron chi connectivity index (χ3n) is 5.04. The van der Waals surface area contributed by atoms with Gasteiger partial charge in [0, 0.05) is 0 Å². The van der Waals surface area contributed by atoms with Crippen molar-refractivity contribution in [2.45, 2.75) is 5.92 Å². The van der Waals surface area contributed by atoms with Crippen molar-refractivity contribution in [3.63, 3.8) is 0 Å². The van der Waals surface area contributed by atoms with E-state index >= 15 is 0 Å². The maximum Gasteiger partial charge on any atom is 0.355 e. The fraction of sp³-hybridized carbons (Fsp3) is 0.130. The number of carboxylic acids is 1. The summed E-state index contributed by atoms with van der Waals surface area (Å²) in [4.78, 5) is 38.5. The van der Waals surface area contributed by atoms with Crippen LogP contribution in [0.3, 0.4) is 0 Å². The van der Waals surface area contributed by atoms with Crippen LogP contribution in [0.15, 0.2) is 71.2 Å². The minimum atomic E-state index is -1.26. The molecule has 10 heteroatoms. The molecule has 1 heterocycles. The lowest BCUT2D eigenvalue weighted by molar-refractivity contribution is -0.139. The van der Waals surface area contributed by atoms with E-state index in [9.17, 15) is 24.8 Å². The first-order valence-corrected chi connectivity index (χ1v) is 9.83. The molecule has 0 aliphatic carbocycles. The predicted molar refractivity (Wildman–Crippen MR) is 118 cm³/mol. The fourth-order valence-electron chi connectivity index (χ4n) is 3.58. The average Bonchev–Trinajstić information content (AvgIpc) is 2.83. The maximum atomic E-state index is 13.0. The lowest BCUT2D eigenvalue weighted by atomic mass is 9.81. The Bertz CT molecular complexity index is 1250. The van der Waals surface area contributed by atoms with Crippen LogP contribution in [-0.4, -0.2) is 37.2 Å². The first-order chi connectivity index (χ1) is 15.8. The molecule has 0 amide bonds. The summed E-state index contributed by atoms with van der Waals surface area (Å²) >= 11 is 6.33. The number of rotatable bonds is 5. The molecular formula is C23H18ClN3O6. The molecule has 0 fully saturated rings. The van der Waals surface area contributed by atoms with E-state index in [0.717, 1.165) is 19.1 Å². The number of nitrogens with two attached hydrogens (primary N) is 1. The normalized spacial score (nSPS) is 15.7. The molecule has 0 radical (unpaired) electrons. The van der Waals surface area contributed by atoms with Gasteiger partial charge in [-0.2, -0.15) is 5.26 Å². The van der Waals surface area contributed by atoms with Gasteiger partial charge < -0.3 is 20.3 Å². The van der Waals surface area contributed by atoms with Crippen molar-refractivity contribution in [3.05, 3.63) is 87.3 Å². The minimum absolute atomic E-state index is 0.0176. The van der Waals surface area contributed by atoms with E-state index in [2.05, 4.69) is 0 Å². The molecule has 0 spiro atoms. The van der Waals surface area contributed by atoms with Crippen molar-refractivity contribution >= 4 is 35.2 Å².